The smallest absolute Gasteiger partial charge is 0.262 e. The zero-order valence-corrected chi connectivity index (χ0v) is 14.5. The number of anilines is 1. The van der Waals surface area contributed by atoms with Crippen LogP contribution in [0.1, 0.15) is 5.56 Å². The molecule has 24 heavy (non-hydrogen) atoms. The summed E-state index contributed by atoms with van der Waals surface area (Å²) in [5.74, 6) is 1.62. The number of nitrogens with zero attached hydrogens (tertiary/aromatic N) is 6. The predicted octanol–water partition coefficient (Wildman–Crippen LogP) is 0.275. The van der Waals surface area contributed by atoms with E-state index in [1.54, 1.807) is 28.4 Å². The maximum atomic E-state index is 12.7. The quantitative estimate of drug-likeness (QED) is 0.792. The highest BCUT2D eigenvalue weighted by atomic mass is 32.2. The number of rotatable bonds is 3. The Hall–Kier alpha value is -2.00. The second kappa shape index (κ2) is 5.52. The van der Waals surface area contributed by atoms with Crippen LogP contribution in [0.4, 0.5) is 5.82 Å². The Morgan fingerprint density at radius 3 is 2.42 bits per heavy atom. The molecule has 2 fully saturated rings. The molecule has 0 aliphatic carbocycles. The van der Waals surface area contributed by atoms with Gasteiger partial charge in [-0.3, -0.25) is 0 Å². The summed E-state index contributed by atoms with van der Waals surface area (Å²) < 4.78 is 28.6. The Kier molecular flexibility index (Phi) is 3.57. The van der Waals surface area contributed by atoms with E-state index in [0.29, 0.717) is 24.9 Å². The molecule has 2 atom stereocenters. The minimum atomic E-state index is -3.49. The van der Waals surface area contributed by atoms with Crippen molar-refractivity contribution in [3.63, 3.8) is 0 Å². The van der Waals surface area contributed by atoms with E-state index in [1.807, 2.05) is 13.1 Å². The largest absolute Gasteiger partial charge is 0.356 e. The van der Waals surface area contributed by atoms with Crippen molar-refractivity contribution < 1.29 is 8.42 Å². The second-order valence-corrected chi connectivity index (χ2v) is 8.54. The number of hydrogen-bond acceptors (Lipinski definition) is 6. The van der Waals surface area contributed by atoms with Gasteiger partial charge in [-0.05, 0) is 18.8 Å². The molecule has 0 spiro atoms. The first-order valence-corrected chi connectivity index (χ1v) is 9.39. The first kappa shape index (κ1) is 15.5. The molecule has 0 radical (unpaired) electrons. The molecular formula is C15H20N6O2S. The van der Waals surface area contributed by atoms with Crippen molar-refractivity contribution in [2.45, 2.75) is 11.9 Å². The Balaban J connectivity index is 1.49. The number of hydrogen-bond donors (Lipinski definition) is 0. The molecule has 0 bridgehead atoms. The van der Waals surface area contributed by atoms with Crippen LogP contribution in [0.15, 0.2) is 30.1 Å². The lowest BCUT2D eigenvalue weighted by Gasteiger charge is -2.22. The van der Waals surface area contributed by atoms with E-state index in [9.17, 15) is 8.42 Å². The monoisotopic (exact) mass is 348 g/mol. The van der Waals surface area contributed by atoms with Gasteiger partial charge in [0.15, 0.2) is 5.03 Å². The van der Waals surface area contributed by atoms with E-state index in [0.717, 1.165) is 24.5 Å². The van der Waals surface area contributed by atoms with Gasteiger partial charge in [0, 0.05) is 51.2 Å². The Morgan fingerprint density at radius 2 is 1.83 bits per heavy atom. The van der Waals surface area contributed by atoms with Crippen LogP contribution in [-0.2, 0) is 17.1 Å². The van der Waals surface area contributed by atoms with Gasteiger partial charge < -0.3 is 9.47 Å². The SMILES string of the molecule is Cc1cncnc1N1CC2CN(S(=O)(=O)c3cn(C)cn3)CC2C1. The zero-order valence-electron chi connectivity index (χ0n) is 13.7. The van der Waals surface area contributed by atoms with Crippen LogP contribution in [0, 0.1) is 18.8 Å². The Labute approximate surface area is 141 Å². The van der Waals surface area contributed by atoms with Crippen molar-refractivity contribution in [2.24, 2.45) is 18.9 Å². The third-order valence-electron chi connectivity index (χ3n) is 4.91. The van der Waals surface area contributed by atoms with Crippen LogP contribution in [0.2, 0.25) is 0 Å². The molecule has 2 aliphatic heterocycles. The lowest BCUT2D eigenvalue weighted by atomic mass is 10.0. The van der Waals surface area contributed by atoms with Gasteiger partial charge in [-0.15, -0.1) is 0 Å². The summed E-state index contributed by atoms with van der Waals surface area (Å²) in [5, 5.41) is 0.133. The minimum absolute atomic E-state index is 0.133. The van der Waals surface area contributed by atoms with Crippen molar-refractivity contribution >= 4 is 15.8 Å². The molecule has 0 aromatic carbocycles. The Morgan fingerprint density at radius 1 is 1.12 bits per heavy atom. The van der Waals surface area contributed by atoms with E-state index < -0.39 is 10.0 Å². The van der Waals surface area contributed by atoms with Crippen molar-refractivity contribution in [3.05, 3.63) is 30.6 Å². The van der Waals surface area contributed by atoms with Crippen LogP contribution in [-0.4, -0.2) is 58.4 Å². The fourth-order valence-electron chi connectivity index (χ4n) is 3.70. The first-order valence-electron chi connectivity index (χ1n) is 7.95. The average Bonchev–Trinajstić information content (AvgIpc) is 3.21. The van der Waals surface area contributed by atoms with E-state index >= 15 is 0 Å². The van der Waals surface area contributed by atoms with Gasteiger partial charge in [0.05, 0.1) is 6.33 Å². The molecule has 4 heterocycles. The number of fused-ring (bicyclic) bond motifs is 1. The lowest BCUT2D eigenvalue weighted by molar-refractivity contribution is 0.451. The number of aromatic nitrogens is 4. The van der Waals surface area contributed by atoms with E-state index in [4.69, 9.17) is 0 Å². The first-order chi connectivity index (χ1) is 11.4. The summed E-state index contributed by atoms with van der Waals surface area (Å²) in [5.41, 5.74) is 1.05. The molecule has 8 nitrogen and oxygen atoms in total. The maximum Gasteiger partial charge on any atom is 0.262 e. The molecule has 0 amide bonds. The molecule has 2 aliphatic rings. The van der Waals surface area contributed by atoms with Crippen LogP contribution in [0.3, 0.4) is 0 Å². The standard InChI is InChI=1S/C15H20N6O2S/c1-11-3-16-9-17-15(11)20-4-12-6-21(7-13(12)5-20)24(22,23)14-8-19(2)10-18-14/h3,8-10,12-13H,4-7H2,1-2H3. The molecule has 0 saturated carbocycles. The fraction of sp³-hybridized carbons (Fsp3) is 0.533. The Bertz CT molecular complexity index is 850. The lowest BCUT2D eigenvalue weighted by Crippen LogP contribution is -2.34. The van der Waals surface area contributed by atoms with Gasteiger partial charge in [0.25, 0.3) is 10.0 Å². The van der Waals surface area contributed by atoms with Crippen LogP contribution >= 0.6 is 0 Å². The molecule has 2 saturated heterocycles. The second-order valence-electron chi connectivity index (χ2n) is 6.65. The third kappa shape index (κ3) is 2.48. The maximum absolute atomic E-state index is 12.7. The van der Waals surface area contributed by atoms with Crippen molar-refractivity contribution in [1.82, 2.24) is 23.8 Å². The summed E-state index contributed by atoms with van der Waals surface area (Å²) >= 11 is 0. The molecular weight excluding hydrogens is 328 g/mol. The fourth-order valence-corrected chi connectivity index (χ4v) is 5.22. The summed E-state index contributed by atoms with van der Waals surface area (Å²) in [6, 6.07) is 0. The molecule has 2 aromatic rings. The molecule has 2 unspecified atom stereocenters. The summed E-state index contributed by atoms with van der Waals surface area (Å²) in [4.78, 5) is 14.7. The highest BCUT2D eigenvalue weighted by Crippen LogP contribution is 2.36. The van der Waals surface area contributed by atoms with E-state index in [2.05, 4.69) is 19.9 Å². The molecule has 128 valence electrons. The topological polar surface area (TPSA) is 84.2 Å². The van der Waals surface area contributed by atoms with Crippen LogP contribution in [0.5, 0.6) is 0 Å². The van der Waals surface area contributed by atoms with Crippen molar-refractivity contribution in [1.29, 1.82) is 0 Å². The van der Waals surface area contributed by atoms with Crippen molar-refractivity contribution in [3.8, 4) is 0 Å². The van der Waals surface area contributed by atoms with E-state index in [-0.39, 0.29) is 5.03 Å². The molecule has 4 rings (SSSR count). The normalized spacial score (nSPS) is 24.5. The van der Waals surface area contributed by atoms with Crippen LogP contribution < -0.4 is 4.90 Å². The highest BCUT2D eigenvalue weighted by Gasteiger charge is 2.45. The van der Waals surface area contributed by atoms with Gasteiger partial charge in [-0.2, -0.15) is 4.31 Å². The molecule has 2 aromatic heterocycles. The summed E-state index contributed by atoms with van der Waals surface area (Å²) in [7, 11) is -1.72. The van der Waals surface area contributed by atoms with Crippen molar-refractivity contribution in [2.75, 3.05) is 31.1 Å². The molecule has 0 N–H and O–H groups in total. The van der Waals surface area contributed by atoms with Gasteiger partial charge in [0.1, 0.15) is 12.1 Å². The number of aryl methyl sites for hydroxylation is 2. The highest BCUT2D eigenvalue weighted by molar-refractivity contribution is 7.89. The minimum Gasteiger partial charge on any atom is -0.356 e. The summed E-state index contributed by atoms with van der Waals surface area (Å²) in [6.45, 7) is 4.75. The summed E-state index contributed by atoms with van der Waals surface area (Å²) in [6.07, 6.45) is 6.45. The molecule has 9 heteroatoms. The van der Waals surface area contributed by atoms with E-state index in [1.165, 1.54) is 6.33 Å². The number of sulfonamides is 1. The average molecular weight is 348 g/mol. The van der Waals surface area contributed by atoms with Gasteiger partial charge in [0.2, 0.25) is 0 Å². The van der Waals surface area contributed by atoms with Crippen LogP contribution in [0.25, 0.3) is 0 Å². The van der Waals surface area contributed by atoms with Gasteiger partial charge in [-0.25, -0.2) is 23.4 Å². The zero-order chi connectivity index (χ0) is 16.9. The predicted molar refractivity (Wildman–Crippen MR) is 87.9 cm³/mol. The van der Waals surface area contributed by atoms with Gasteiger partial charge >= 0.3 is 0 Å². The van der Waals surface area contributed by atoms with Gasteiger partial charge in [-0.1, -0.05) is 0 Å². The third-order valence-corrected chi connectivity index (χ3v) is 6.62. The number of imidazole rings is 1.